The van der Waals surface area contributed by atoms with E-state index in [0.29, 0.717) is 11.4 Å². The van der Waals surface area contributed by atoms with Gasteiger partial charge in [-0.25, -0.2) is 9.69 Å². The normalized spacial score (nSPS) is 15.7. The molecule has 0 bridgehead atoms. The Balaban J connectivity index is 1.76. The second kappa shape index (κ2) is 7.24. The van der Waals surface area contributed by atoms with Gasteiger partial charge in [-0.05, 0) is 55.8 Å². The topological polar surface area (TPSA) is 71.4 Å². The second-order valence-electron chi connectivity index (χ2n) is 6.88. The van der Waals surface area contributed by atoms with Gasteiger partial charge in [-0.1, -0.05) is 35.9 Å². The first-order valence-electron chi connectivity index (χ1n) is 9.17. The van der Waals surface area contributed by atoms with Crippen molar-refractivity contribution in [3.05, 3.63) is 89.3 Å². The van der Waals surface area contributed by atoms with Crippen molar-refractivity contribution in [3.63, 3.8) is 0 Å². The average molecular weight is 385 g/mol. The number of hydrogen-bond donors (Lipinski definition) is 1. The number of nitrogens with zero attached hydrogens (tertiary/aromatic N) is 2. The summed E-state index contributed by atoms with van der Waals surface area (Å²) in [7, 11) is 0. The van der Waals surface area contributed by atoms with E-state index in [4.69, 9.17) is 0 Å². The highest BCUT2D eigenvalue weighted by molar-refractivity contribution is 6.39. The lowest BCUT2D eigenvalue weighted by Gasteiger charge is -2.27. The Morgan fingerprint density at radius 2 is 1.59 bits per heavy atom. The molecule has 4 rings (SSSR count). The monoisotopic (exact) mass is 385 g/mol. The molecule has 0 radical (unpaired) electrons. The second-order valence-corrected chi connectivity index (χ2v) is 6.88. The molecular weight excluding hydrogens is 366 g/mol. The molecule has 0 unspecified atom stereocenters. The van der Waals surface area contributed by atoms with Crippen molar-refractivity contribution in [2.75, 3.05) is 4.90 Å². The van der Waals surface area contributed by atoms with E-state index in [1.165, 1.54) is 6.08 Å². The van der Waals surface area contributed by atoms with Gasteiger partial charge in [0.25, 0.3) is 11.8 Å². The van der Waals surface area contributed by atoms with Crippen LogP contribution in [0.2, 0.25) is 0 Å². The molecular formula is C23H19N3O3. The van der Waals surface area contributed by atoms with E-state index >= 15 is 0 Å². The number of urea groups is 1. The highest BCUT2D eigenvalue weighted by Gasteiger charge is 2.37. The van der Waals surface area contributed by atoms with Crippen molar-refractivity contribution >= 4 is 29.6 Å². The zero-order valence-electron chi connectivity index (χ0n) is 16.0. The number of para-hydroxylation sites is 1. The SMILES string of the molecule is Cc1ccc(-n2cccc2/C=C2/C(=O)NC(=O)N(c3ccccc3C)C2=O)cc1. The molecule has 0 aliphatic carbocycles. The standard InChI is InChI=1S/C23H19N3O3/c1-15-9-11-17(12-10-15)25-13-5-7-18(25)14-19-21(27)24-23(29)26(22(19)28)20-8-4-3-6-16(20)2/h3-14H,1-2H3,(H,24,27,29)/b19-14-. The van der Waals surface area contributed by atoms with Gasteiger partial charge in [0.05, 0.1) is 5.69 Å². The first-order valence-corrected chi connectivity index (χ1v) is 9.17. The summed E-state index contributed by atoms with van der Waals surface area (Å²) in [6.45, 7) is 3.81. The van der Waals surface area contributed by atoms with Gasteiger partial charge in [0, 0.05) is 17.6 Å². The summed E-state index contributed by atoms with van der Waals surface area (Å²) in [6.07, 6.45) is 3.36. The molecule has 1 fully saturated rings. The number of aryl methyl sites for hydroxylation is 2. The van der Waals surface area contributed by atoms with Gasteiger partial charge in [-0.15, -0.1) is 0 Å². The summed E-state index contributed by atoms with van der Waals surface area (Å²) in [5.74, 6) is -1.36. The molecule has 1 aliphatic rings. The lowest BCUT2D eigenvalue weighted by atomic mass is 10.1. The fraction of sp³-hybridized carbons (Fsp3) is 0.0870. The maximum absolute atomic E-state index is 13.1. The molecule has 0 saturated carbocycles. The molecule has 0 atom stereocenters. The number of amides is 4. The Morgan fingerprint density at radius 3 is 2.31 bits per heavy atom. The van der Waals surface area contributed by atoms with Gasteiger partial charge in [0.1, 0.15) is 5.57 Å². The van der Waals surface area contributed by atoms with E-state index in [2.05, 4.69) is 5.32 Å². The molecule has 144 valence electrons. The highest BCUT2D eigenvalue weighted by Crippen LogP contribution is 2.25. The molecule has 2 aromatic carbocycles. The number of aromatic nitrogens is 1. The molecule has 0 spiro atoms. The van der Waals surface area contributed by atoms with Gasteiger partial charge in [-0.2, -0.15) is 0 Å². The summed E-state index contributed by atoms with van der Waals surface area (Å²) in [5, 5.41) is 2.26. The van der Waals surface area contributed by atoms with Crippen LogP contribution >= 0.6 is 0 Å². The van der Waals surface area contributed by atoms with Crippen LogP contribution in [0.15, 0.2) is 72.4 Å². The number of barbiturate groups is 1. The van der Waals surface area contributed by atoms with Gasteiger partial charge in [0.15, 0.2) is 0 Å². The van der Waals surface area contributed by atoms with Crippen molar-refractivity contribution < 1.29 is 14.4 Å². The summed E-state index contributed by atoms with van der Waals surface area (Å²) >= 11 is 0. The third-order valence-corrected chi connectivity index (χ3v) is 4.84. The quantitative estimate of drug-likeness (QED) is 0.551. The lowest BCUT2D eigenvalue weighted by molar-refractivity contribution is -0.122. The van der Waals surface area contributed by atoms with Crippen molar-refractivity contribution in [2.45, 2.75) is 13.8 Å². The summed E-state index contributed by atoms with van der Waals surface area (Å²) < 4.78 is 1.88. The number of hydrogen-bond acceptors (Lipinski definition) is 3. The minimum atomic E-state index is -0.750. The first kappa shape index (κ1) is 18.4. The first-order chi connectivity index (χ1) is 14.0. The van der Waals surface area contributed by atoms with Crippen LogP contribution in [0.25, 0.3) is 11.8 Å². The predicted octanol–water partition coefficient (Wildman–Crippen LogP) is 3.76. The van der Waals surface area contributed by atoms with Gasteiger partial charge < -0.3 is 4.57 Å². The average Bonchev–Trinajstić information content (AvgIpc) is 3.15. The molecule has 3 aromatic rings. The van der Waals surface area contributed by atoms with Crippen LogP contribution in [0.3, 0.4) is 0 Å². The lowest BCUT2D eigenvalue weighted by Crippen LogP contribution is -2.54. The van der Waals surface area contributed by atoms with Crippen LogP contribution < -0.4 is 10.2 Å². The van der Waals surface area contributed by atoms with E-state index in [0.717, 1.165) is 21.7 Å². The maximum Gasteiger partial charge on any atom is 0.335 e. The van der Waals surface area contributed by atoms with Gasteiger partial charge in [-0.3, -0.25) is 14.9 Å². The fourth-order valence-electron chi connectivity index (χ4n) is 3.29. The Labute approximate surface area is 168 Å². The molecule has 4 amide bonds. The van der Waals surface area contributed by atoms with E-state index in [1.807, 2.05) is 60.2 Å². The number of benzene rings is 2. The number of anilines is 1. The minimum Gasteiger partial charge on any atom is -0.317 e. The van der Waals surface area contributed by atoms with E-state index in [-0.39, 0.29) is 5.57 Å². The van der Waals surface area contributed by atoms with Gasteiger partial charge >= 0.3 is 6.03 Å². The van der Waals surface area contributed by atoms with E-state index in [9.17, 15) is 14.4 Å². The Hall–Kier alpha value is -3.93. The van der Waals surface area contributed by atoms with Crippen molar-refractivity contribution in [2.24, 2.45) is 0 Å². The number of nitrogens with one attached hydrogen (secondary N) is 1. The molecule has 29 heavy (non-hydrogen) atoms. The molecule has 1 aliphatic heterocycles. The van der Waals surface area contributed by atoms with Crippen LogP contribution in [-0.4, -0.2) is 22.4 Å². The molecule has 1 saturated heterocycles. The van der Waals surface area contributed by atoms with Crippen molar-refractivity contribution in [3.8, 4) is 5.69 Å². The highest BCUT2D eigenvalue weighted by atomic mass is 16.2. The summed E-state index contributed by atoms with van der Waals surface area (Å²) in [5.41, 5.74) is 3.80. The maximum atomic E-state index is 13.1. The predicted molar refractivity (Wildman–Crippen MR) is 111 cm³/mol. The minimum absolute atomic E-state index is 0.0973. The van der Waals surface area contributed by atoms with Crippen LogP contribution in [0, 0.1) is 13.8 Å². The third-order valence-electron chi connectivity index (χ3n) is 4.84. The Kier molecular flexibility index (Phi) is 4.60. The summed E-state index contributed by atoms with van der Waals surface area (Å²) in [4.78, 5) is 38.9. The van der Waals surface area contributed by atoms with Crippen LogP contribution in [0.1, 0.15) is 16.8 Å². The smallest absolute Gasteiger partial charge is 0.317 e. The van der Waals surface area contributed by atoms with Crippen molar-refractivity contribution in [1.29, 1.82) is 0 Å². The van der Waals surface area contributed by atoms with E-state index in [1.54, 1.807) is 25.1 Å². The van der Waals surface area contributed by atoms with E-state index < -0.39 is 17.8 Å². The van der Waals surface area contributed by atoms with Crippen molar-refractivity contribution in [1.82, 2.24) is 9.88 Å². The van der Waals surface area contributed by atoms with Crippen LogP contribution in [0.4, 0.5) is 10.5 Å². The summed E-state index contributed by atoms with van der Waals surface area (Å²) in [6, 6.07) is 17.8. The number of rotatable bonds is 3. The molecule has 1 N–H and O–H groups in total. The number of carbonyl (C=O) groups excluding carboxylic acids is 3. The third kappa shape index (κ3) is 3.36. The zero-order chi connectivity index (χ0) is 20.5. The molecule has 6 heteroatoms. The molecule has 6 nitrogen and oxygen atoms in total. The van der Waals surface area contributed by atoms with Crippen LogP contribution in [0.5, 0.6) is 0 Å². The van der Waals surface area contributed by atoms with Gasteiger partial charge in [0.2, 0.25) is 0 Å². The Morgan fingerprint density at radius 1 is 0.862 bits per heavy atom. The van der Waals surface area contributed by atoms with Crippen LogP contribution in [-0.2, 0) is 9.59 Å². The number of imide groups is 2. The fourth-order valence-corrected chi connectivity index (χ4v) is 3.29. The Bertz CT molecular complexity index is 1160. The molecule has 1 aromatic heterocycles. The number of carbonyl (C=O) groups is 3. The molecule has 2 heterocycles. The zero-order valence-corrected chi connectivity index (χ0v) is 16.0. The largest absolute Gasteiger partial charge is 0.335 e.